The summed E-state index contributed by atoms with van der Waals surface area (Å²) in [5, 5.41) is 3.38. The maximum Gasteiger partial charge on any atom is 0.127 e. The summed E-state index contributed by atoms with van der Waals surface area (Å²) in [6, 6.07) is 7.47. The van der Waals surface area contributed by atoms with Crippen LogP contribution in [0.25, 0.3) is 0 Å². The third kappa shape index (κ3) is 4.56. The Kier molecular flexibility index (Phi) is 8.65. The zero-order chi connectivity index (χ0) is 13.8. The average molecular weight is 351 g/mol. The van der Waals surface area contributed by atoms with E-state index in [1.807, 2.05) is 12.1 Å². The quantitative estimate of drug-likeness (QED) is 0.906. The van der Waals surface area contributed by atoms with Gasteiger partial charge in [-0.05, 0) is 24.8 Å². The summed E-state index contributed by atoms with van der Waals surface area (Å²) in [5.41, 5.74) is 0.862. The van der Waals surface area contributed by atoms with Crippen LogP contribution in [-0.2, 0) is 4.74 Å². The van der Waals surface area contributed by atoms with Crippen molar-refractivity contribution < 1.29 is 9.13 Å². The molecule has 2 saturated heterocycles. The van der Waals surface area contributed by atoms with Crippen LogP contribution in [0.5, 0.6) is 0 Å². The molecule has 1 aromatic carbocycles. The van der Waals surface area contributed by atoms with E-state index in [9.17, 15) is 4.39 Å². The number of rotatable bonds is 3. The minimum atomic E-state index is -0.0671. The van der Waals surface area contributed by atoms with Crippen LogP contribution in [0.4, 0.5) is 4.39 Å². The molecule has 0 unspecified atom stereocenters. The van der Waals surface area contributed by atoms with Gasteiger partial charge < -0.3 is 10.1 Å². The number of piperazine rings is 1. The number of halogens is 3. The van der Waals surface area contributed by atoms with Gasteiger partial charge in [0.25, 0.3) is 0 Å². The number of hydrogen-bond donors (Lipinski definition) is 1. The van der Waals surface area contributed by atoms with Gasteiger partial charge in [-0.15, -0.1) is 24.8 Å². The Morgan fingerprint density at radius 1 is 1.09 bits per heavy atom. The zero-order valence-corrected chi connectivity index (χ0v) is 14.3. The molecule has 126 valence electrons. The fourth-order valence-electron chi connectivity index (χ4n) is 3.46. The van der Waals surface area contributed by atoms with Gasteiger partial charge in [0.1, 0.15) is 5.82 Å². The lowest BCUT2D eigenvalue weighted by atomic mass is 9.85. The van der Waals surface area contributed by atoms with Gasteiger partial charge in [-0.2, -0.15) is 0 Å². The summed E-state index contributed by atoms with van der Waals surface area (Å²) < 4.78 is 19.8. The minimum absolute atomic E-state index is 0. The lowest BCUT2D eigenvalue weighted by Gasteiger charge is -2.41. The number of nitrogens with zero attached hydrogens (tertiary/aromatic N) is 1. The van der Waals surface area contributed by atoms with Gasteiger partial charge in [-0.1, -0.05) is 18.2 Å². The van der Waals surface area contributed by atoms with Crippen molar-refractivity contribution in [1.82, 2.24) is 10.2 Å². The molecule has 2 aliphatic heterocycles. The monoisotopic (exact) mass is 350 g/mol. The first kappa shape index (κ1) is 19.7. The second kappa shape index (κ2) is 9.68. The molecule has 0 aromatic heterocycles. The fourth-order valence-corrected chi connectivity index (χ4v) is 3.46. The highest BCUT2D eigenvalue weighted by Gasteiger charge is 2.32. The lowest BCUT2D eigenvalue weighted by molar-refractivity contribution is 0.0203. The van der Waals surface area contributed by atoms with E-state index in [-0.39, 0.29) is 36.7 Å². The largest absolute Gasteiger partial charge is 0.381 e. The summed E-state index contributed by atoms with van der Waals surface area (Å²) >= 11 is 0. The second-order valence-electron chi connectivity index (χ2n) is 5.70. The molecule has 1 aromatic rings. The Morgan fingerprint density at radius 3 is 2.36 bits per heavy atom. The molecular formula is C16H25Cl2FN2O. The first-order chi connectivity index (χ1) is 9.86. The van der Waals surface area contributed by atoms with Crippen molar-refractivity contribution in [2.24, 2.45) is 5.92 Å². The lowest BCUT2D eigenvalue weighted by Crippen LogP contribution is -2.47. The highest BCUT2D eigenvalue weighted by molar-refractivity contribution is 5.85. The molecule has 3 nitrogen and oxygen atoms in total. The van der Waals surface area contributed by atoms with E-state index in [1.165, 1.54) is 0 Å². The molecule has 0 spiro atoms. The van der Waals surface area contributed by atoms with Crippen molar-refractivity contribution in [2.45, 2.75) is 18.9 Å². The van der Waals surface area contributed by atoms with Crippen LogP contribution in [0, 0.1) is 11.7 Å². The summed E-state index contributed by atoms with van der Waals surface area (Å²) in [6.45, 7) is 5.60. The molecule has 0 aliphatic carbocycles. The van der Waals surface area contributed by atoms with Gasteiger partial charge in [-0.25, -0.2) is 4.39 Å². The molecule has 0 bridgehead atoms. The van der Waals surface area contributed by atoms with E-state index >= 15 is 0 Å². The average Bonchev–Trinajstić information content (AvgIpc) is 2.52. The van der Waals surface area contributed by atoms with E-state index in [4.69, 9.17) is 4.74 Å². The van der Waals surface area contributed by atoms with Crippen molar-refractivity contribution in [3.8, 4) is 0 Å². The zero-order valence-electron chi connectivity index (χ0n) is 12.7. The van der Waals surface area contributed by atoms with Gasteiger partial charge in [0.05, 0.1) is 0 Å². The summed E-state index contributed by atoms with van der Waals surface area (Å²) in [6.07, 6.45) is 2.06. The van der Waals surface area contributed by atoms with Crippen LogP contribution >= 0.6 is 24.8 Å². The highest BCUT2D eigenvalue weighted by Crippen LogP contribution is 2.36. The third-order valence-corrected chi connectivity index (χ3v) is 4.48. The minimum Gasteiger partial charge on any atom is -0.381 e. The van der Waals surface area contributed by atoms with Crippen LogP contribution < -0.4 is 5.32 Å². The summed E-state index contributed by atoms with van der Waals surface area (Å²) in [7, 11) is 0. The van der Waals surface area contributed by atoms with Gasteiger partial charge in [0.2, 0.25) is 0 Å². The molecule has 0 amide bonds. The Balaban J connectivity index is 0.00000121. The fraction of sp³-hybridized carbons (Fsp3) is 0.625. The van der Waals surface area contributed by atoms with E-state index < -0.39 is 0 Å². The second-order valence-corrected chi connectivity index (χ2v) is 5.70. The van der Waals surface area contributed by atoms with Crippen LogP contribution in [-0.4, -0.2) is 44.3 Å². The van der Waals surface area contributed by atoms with Crippen LogP contribution in [0.3, 0.4) is 0 Å². The van der Waals surface area contributed by atoms with E-state index in [1.54, 1.807) is 12.1 Å². The van der Waals surface area contributed by atoms with Gasteiger partial charge in [0, 0.05) is 51.0 Å². The molecule has 3 rings (SSSR count). The standard InChI is InChI=1S/C16H23FN2O.2ClH/c17-15-4-2-1-3-14(15)16(13-5-11-20-12-6-13)19-9-7-18-8-10-19;;/h1-4,13,16,18H,5-12H2;2*1H/t16-;;/m0../s1. The summed E-state index contributed by atoms with van der Waals surface area (Å²) in [4.78, 5) is 2.45. The number of hydrogen-bond acceptors (Lipinski definition) is 3. The molecule has 2 fully saturated rings. The molecular weight excluding hydrogens is 326 g/mol. The van der Waals surface area contributed by atoms with E-state index in [2.05, 4.69) is 10.2 Å². The van der Waals surface area contributed by atoms with Crippen LogP contribution in [0.1, 0.15) is 24.4 Å². The predicted molar refractivity (Wildman–Crippen MR) is 91.6 cm³/mol. The van der Waals surface area contributed by atoms with Gasteiger partial charge in [-0.3, -0.25) is 4.90 Å². The van der Waals surface area contributed by atoms with Crippen LogP contribution in [0.2, 0.25) is 0 Å². The first-order valence-corrected chi connectivity index (χ1v) is 7.63. The first-order valence-electron chi connectivity index (χ1n) is 7.63. The Labute approximate surface area is 144 Å². The molecule has 2 aliphatic rings. The molecule has 6 heteroatoms. The Bertz CT molecular complexity index is 420. The number of ether oxygens (including phenoxy) is 1. The molecule has 2 heterocycles. The van der Waals surface area contributed by atoms with Crippen LogP contribution in [0.15, 0.2) is 24.3 Å². The smallest absolute Gasteiger partial charge is 0.127 e. The maximum absolute atomic E-state index is 14.3. The molecule has 1 atom stereocenters. The Hall–Kier alpha value is -0.390. The SMILES string of the molecule is Cl.Cl.Fc1ccccc1[C@H](C1CCOCC1)N1CCNCC1. The maximum atomic E-state index is 14.3. The highest BCUT2D eigenvalue weighted by atomic mass is 35.5. The van der Waals surface area contributed by atoms with Gasteiger partial charge >= 0.3 is 0 Å². The van der Waals surface area contributed by atoms with Crippen molar-refractivity contribution in [3.63, 3.8) is 0 Å². The number of benzene rings is 1. The predicted octanol–water partition coefficient (Wildman–Crippen LogP) is 3.04. The molecule has 0 saturated carbocycles. The van der Waals surface area contributed by atoms with Crippen molar-refractivity contribution in [3.05, 3.63) is 35.6 Å². The molecule has 22 heavy (non-hydrogen) atoms. The topological polar surface area (TPSA) is 24.5 Å². The van der Waals surface area contributed by atoms with Crippen molar-refractivity contribution in [1.29, 1.82) is 0 Å². The molecule has 1 N–H and O–H groups in total. The van der Waals surface area contributed by atoms with Gasteiger partial charge in [0.15, 0.2) is 0 Å². The van der Waals surface area contributed by atoms with Crippen molar-refractivity contribution >= 4 is 24.8 Å². The van der Waals surface area contributed by atoms with Crippen molar-refractivity contribution in [2.75, 3.05) is 39.4 Å². The number of nitrogens with one attached hydrogen (secondary N) is 1. The normalized spacial score (nSPS) is 21.5. The third-order valence-electron chi connectivity index (χ3n) is 4.48. The van der Waals surface area contributed by atoms with E-state index in [0.29, 0.717) is 5.92 Å². The molecule has 0 radical (unpaired) electrons. The Morgan fingerprint density at radius 2 is 1.73 bits per heavy atom. The summed E-state index contributed by atoms with van der Waals surface area (Å²) in [5.74, 6) is 0.432. The van der Waals surface area contributed by atoms with E-state index in [0.717, 1.165) is 57.8 Å².